The molecule has 0 aliphatic carbocycles. The second-order valence-corrected chi connectivity index (χ2v) is 2.50. The monoisotopic (exact) mass is 202 g/mol. The third-order valence-electron chi connectivity index (χ3n) is 1.07. The van der Waals surface area contributed by atoms with E-state index in [0.29, 0.717) is 5.56 Å². The first-order valence-corrected chi connectivity index (χ1v) is 3.45. The van der Waals surface area contributed by atoms with E-state index in [1.807, 2.05) is 0 Å². The third-order valence-corrected chi connectivity index (χ3v) is 1.53. The van der Waals surface area contributed by atoms with Crippen LogP contribution in [0.5, 0.6) is 0 Å². The van der Waals surface area contributed by atoms with Crippen molar-refractivity contribution < 1.29 is 9.18 Å². The summed E-state index contributed by atoms with van der Waals surface area (Å²) in [6, 6.07) is 5.34. The summed E-state index contributed by atoms with van der Waals surface area (Å²) in [6.07, 6.45) is 0. The summed E-state index contributed by atoms with van der Waals surface area (Å²) in [5, 5.41) is 0. The smallest absolute Gasteiger partial charge is 0.228 e. The van der Waals surface area contributed by atoms with Crippen molar-refractivity contribution in [2.45, 2.75) is 0 Å². The zero-order valence-electron chi connectivity index (χ0n) is 4.97. The molecule has 0 saturated heterocycles. The molecule has 0 fully saturated rings. The van der Waals surface area contributed by atoms with E-state index in [2.05, 4.69) is 15.9 Å². The van der Waals surface area contributed by atoms with Crippen LogP contribution >= 0.6 is 15.9 Å². The van der Waals surface area contributed by atoms with E-state index in [-0.39, 0.29) is 10.5 Å². The Balaban J connectivity index is 3.00. The summed E-state index contributed by atoms with van der Waals surface area (Å²) >= 11 is 2.75. The van der Waals surface area contributed by atoms with Gasteiger partial charge in [0.25, 0.3) is 0 Å². The second-order valence-electron chi connectivity index (χ2n) is 1.78. The van der Waals surface area contributed by atoms with Gasteiger partial charge in [-0.05, 0) is 40.2 Å². The molecule has 52 valence electrons. The number of carbonyl (C=O) groups is 1. The molecule has 0 heterocycles. The van der Waals surface area contributed by atoms with E-state index in [0.717, 1.165) is 0 Å². The van der Waals surface area contributed by atoms with Crippen molar-refractivity contribution in [1.82, 2.24) is 0 Å². The first-order chi connectivity index (χ1) is 4.70. The highest BCUT2D eigenvalue weighted by Crippen LogP contribution is 2.06. The van der Waals surface area contributed by atoms with E-state index >= 15 is 0 Å². The number of halogens is 2. The fourth-order valence-electron chi connectivity index (χ4n) is 0.581. The molecule has 1 nitrogen and oxygen atoms in total. The predicted octanol–water partition coefficient (Wildman–Crippen LogP) is 2.36. The van der Waals surface area contributed by atoms with E-state index < -0.39 is 0 Å². The average Bonchev–Trinajstić information content (AvgIpc) is 1.88. The van der Waals surface area contributed by atoms with Crippen LogP contribution in [0.1, 0.15) is 10.4 Å². The third kappa shape index (κ3) is 1.64. The number of rotatable bonds is 1. The van der Waals surface area contributed by atoms with Gasteiger partial charge in [-0.2, -0.15) is 0 Å². The first kappa shape index (κ1) is 7.41. The van der Waals surface area contributed by atoms with E-state index in [4.69, 9.17) is 0 Å². The van der Waals surface area contributed by atoms with Crippen molar-refractivity contribution in [1.29, 1.82) is 0 Å². The molecular formula is C7H4BrFO. The molecule has 1 aromatic carbocycles. The zero-order chi connectivity index (χ0) is 7.56. The molecule has 0 unspecified atom stereocenters. The topological polar surface area (TPSA) is 17.1 Å². The van der Waals surface area contributed by atoms with Crippen LogP contribution in [0, 0.1) is 5.82 Å². The summed E-state index contributed by atoms with van der Waals surface area (Å²) in [7, 11) is 0. The van der Waals surface area contributed by atoms with Gasteiger partial charge in [0.1, 0.15) is 5.82 Å². The molecule has 1 rings (SSSR count). The molecule has 0 atom stereocenters. The lowest BCUT2D eigenvalue weighted by Gasteiger charge is -1.90. The molecule has 1 aromatic rings. The van der Waals surface area contributed by atoms with Gasteiger partial charge in [-0.3, -0.25) is 4.79 Å². The summed E-state index contributed by atoms with van der Waals surface area (Å²) in [5.41, 5.74) is 0.460. The quantitative estimate of drug-likeness (QED) is 0.640. The SMILES string of the molecule is O=C(Br)c1ccc(F)cc1. The van der Waals surface area contributed by atoms with Crippen LogP contribution in [0.2, 0.25) is 0 Å². The van der Waals surface area contributed by atoms with E-state index in [1.165, 1.54) is 24.3 Å². The number of hydrogen-bond donors (Lipinski definition) is 0. The zero-order valence-corrected chi connectivity index (χ0v) is 6.56. The van der Waals surface area contributed by atoms with Gasteiger partial charge in [0.05, 0.1) is 0 Å². The van der Waals surface area contributed by atoms with Crippen LogP contribution in [0.25, 0.3) is 0 Å². The summed E-state index contributed by atoms with van der Waals surface area (Å²) < 4.78 is 12.0. The summed E-state index contributed by atoms with van der Waals surface area (Å²) in [5.74, 6) is -0.336. The Morgan fingerprint density at radius 2 is 1.80 bits per heavy atom. The molecule has 0 bridgehead atoms. The van der Waals surface area contributed by atoms with Gasteiger partial charge in [0, 0.05) is 5.56 Å². The first-order valence-electron chi connectivity index (χ1n) is 2.65. The fourth-order valence-corrected chi connectivity index (χ4v) is 0.845. The van der Waals surface area contributed by atoms with Gasteiger partial charge in [-0.15, -0.1) is 0 Å². The molecule has 0 aliphatic heterocycles. The predicted molar refractivity (Wildman–Crippen MR) is 39.7 cm³/mol. The molecule has 0 amide bonds. The van der Waals surface area contributed by atoms with Gasteiger partial charge in [-0.1, -0.05) is 0 Å². The Hall–Kier alpha value is -0.700. The van der Waals surface area contributed by atoms with Crippen molar-refractivity contribution in [3.05, 3.63) is 35.6 Å². The summed E-state index contributed by atoms with van der Waals surface area (Å²) in [4.78, 5) is 10.6. The van der Waals surface area contributed by atoms with Gasteiger partial charge < -0.3 is 0 Å². The maximum Gasteiger partial charge on any atom is 0.228 e. The van der Waals surface area contributed by atoms with Crippen molar-refractivity contribution in [3.63, 3.8) is 0 Å². The fraction of sp³-hybridized carbons (Fsp3) is 0. The van der Waals surface area contributed by atoms with Crippen molar-refractivity contribution >= 4 is 20.6 Å². The lowest BCUT2D eigenvalue weighted by molar-refractivity contribution is 0.109. The standard InChI is InChI=1S/C7H4BrFO/c8-7(10)5-1-3-6(9)4-2-5/h1-4H. The van der Waals surface area contributed by atoms with E-state index in [1.54, 1.807) is 0 Å². The molecule has 0 spiro atoms. The number of carbonyl (C=O) groups excluding carboxylic acids is 1. The highest BCUT2D eigenvalue weighted by Gasteiger charge is 1.98. The minimum Gasteiger partial charge on any atom is -0.281 e. The second kappa shape index (κ2) is 2.92. The van der Waals surface area contributed by atoms with Crippen LogP contribution in [0.4, 0.5) is 4.39 Å². The Labute approximate surface area is 66.0 Å². The minimum absolute atomic E-state index is 0.229. The van der Waals surface area contributed by atoms with Crippen LogP contribution in [-0.2, 0) is 0 Å². The number of hydrogen-bond acceptors (Lipinski definition) is 1. The van der Waals surface area contributed by atoms with Gasteiger partial charge in [0.15, 0.2) is 0 Å². The molecule has 0 saturated carbocycles. The molecule has 0 radical (unpaired) electrons. The number of benzene rings is 1. The Morgan fingerprint density at radius 1 is 1.30 bits per heavy atom. The Bertz CT molecular complexity index is 242. The van der Waals surface area contributed by atoms with Gasteiger partial charge in [0.2, 0.25) is 4.69 Å². The van der Waals surface area contributed by atoms with Crippen LogP contribution in [0.15, 0.2) is 24.3 Å². The van der Waals surface area contributed by atoms with Crippen LogP contribution in [-0.4, -0.2) is 4.69 Å². The molecule has 3 heteroatoms. The Kier molecular flexibility index (Phi) is 2.17. The lowest BCUT2D eigenvalue weighted by atomic mass is 10.2. The Morgan fingerprint density at radius 3 is 2.20 bits per heavy atom. The van der Waals surface area contributed by atoms with Gasteiger partial charge in [-0.25, -0.2) is 4.39 Å². The lowest BCUT2D eigenvalue weighted by Crippen LogP contribution is -1.86. The highest BCUT2D eigenvalue weighted by molar-refractivity contribution is 9.18. The van der Waals surface area contributed by atoms with Crippen molar-refractivity contribution in [3.8, 4) is 0 Å². The molecule has 10 heavy (non-hydrogen) atoms. The van der Waals surface area contributed by atoms with E-state index in [9.17, 15) is 9.18 Å². The largest absolute Gasteiger partial charge is 0.281 e. The molecular weight excluding hydrogens is 199 g/mol. The van der Waals surface area contributed by atoms with Crippen molar-refractivity contribution in [2.24, 2.45) is 0 Å². The normalized spacial score (nSPS) is 9.40. The minimum atomic E-state index is -0.336. The van der Waals surface area contributed by atoms with Gasteiger partial charge >= 0.3 is 0 Å². The molecule has 0 aliphatic rings. The maximum absolute atomic E-state index is 12.2. The molecule has 0 N–H and O–H groups in total. The van der Waals surface area contributed by atoms with Crippen molar-refractivity contribution in [2.75, 3.05) is 0 Å². The molecule has 0 aromatic heterocycles. The average molecular weight is 203 g/mol. The highest BCUT2D eigenvalue weighted by atomic mass is 79.9. The maximum atomic E-state index is 12.2. The van der Waals surface area contributed by atoms with Crippen LogP contribution < -0.4 is 0 Å². The summed E-state index contributed by atoms with van der Waals surface area (Å²) in [6.45, 7) is 0. The van der Waals surface area contributed by atoms with Crippen LogP contribution in [0.3, 0.4) is 0 Å².